The second kappa shape index (κ2) is 6.59. The molecule has 1 aliphatic rings. The summed E-state index contributed by atoms with van der Waals surface area (Å²) in [6.45, 7) is 0.748. The minimum absolute atomic E-state index is 0.184. The Balaban J connectivity index is 1.82. The van der Waals surface area contributed by atoms with E-state index in [4.69, 9.17) is 11.6 Å². The van der Waals surface area contributed by atoms with Gasteiger partial charge in [0.25, 0.3) is 5.91 Å². The van der Waals surface area contributed by atoms with Gasteiger partial charge in [0.05, 0.1) is 16.5 Å². The maximum absolute atomic E-state index is 12.5. The van der Waals surface area contributed by atoms with Crippen molar-refractivity contribution in [2.75, 3.05) is 19.3 Å². The fourth-order valence-corrected chi connectivity index (χ4v) is 5.01. The van der Waals surface area contributed by atoms with E-state index in [1.165, 1.54) is 21.9 Å². The van der Waals surface area contributed by atoms with E-state index in [0.717, 1.165) is 10.2 Å². The number of carbonyl (C=O) groups is 1. The lowest BCUT2D eigenvalue weighted by Gasteiger charge is -2.28. The van der Waals surface area contributed by atoms with Crippen molar-refractivity contribution in [2.24, 2.45) is 18.0 Å². The molecule has 1 aromatic carbocycles. The minimum atomic E-state index is -3.19. The maximum atomic E-state index is 12.5. The van der Waals surface area contributed by atoms with Crippen LogP contribution >= 0.6 is 22.9 Å². The fraction of sp³-hybridized carbons (Fsp3) is 0.467. The van der Waals surface area contributed by atoms with Crippen LogP contribution in [0, 0.1) is 5.92 Å². The van der Waals surface area contributed by atoms with Crippen LogP contribution in [-0.4, -0.2) is 42.5 Å². The number of amides is 1. The Labute approximate surface area is 149 Å². The number of aromatic nitrogens is 1. The highest BCUT2D eigenvalue weighted by Crippen LogP contribution is 2.22. The molecule has 1 amide bonds. The Morgan fingerprint density at radius 2 is 2.00 bits per heavy atom. The van der Waals surface area contributed by atoms with Crippen molar-refractivity contribution in [1.82, 2.24) is 8.87 Å². The van der Waals surface area contributed by atoms with Gasteiger partial charge in [0, 0.05) is 31.1 Å². The Hall–Kier alpha value is -1.22. The van der Waals surface area contributed by atoms with Gasteiger partial charge < -0.3 is 4.57 Å². The molecule has 0 aliphatic carbocycles. The molecular weight excluding hydrogens is 370 g/mol. The molecule has 1 aliphatic heterocycles. The molecule has 1 saturated heterocycles. The summed E-state index contributed by atoms with van der Waals surface area (Å²) < 4.78 is 27.3. The SMILES string of the molecule is Cn1c(=NC(=O)C2CCN(S(C)(=O)=O)CC2)sc2cc(Cl)ccc21. The lowest BCUT2D eigenvalue weighted by molar-refractivity contribution is -0.122. The van der Waals surface area contributed by atoms with Crippen LogP contribution in [0.1, 0.15) is 12.8 Å². The summed E-state index contributed by atoms with van der Waals surface area (Å²) in [7, 11) is -1.32. The van der Waals surface area contributed by atoms with E-state index in [-0.39, 0.29) is 11.8 Å². The third-order valence-electron chi connectivity index (χ3n) is 4.25. The van der Waals surface area contributed by atoms with Gasteiger partial charge in [0.2, 0.25) is 10.0 Å². The van der Waals surface area contributed by atoms with Gasteiger partial charge in [-0.15, -0.1) is 0 Å². The van der Waals surface area contributed by atoms with Crippen LogP contribution in [0.4, 0.5) is 0 Å². The van der Waals surface area contributed by atoms with Gasteiger partial charge in [-0.2, -0.15) is 4.99 Å². The van der Waals surface area contributed by atoms with Crippen molar-refractivity contribution in [2.45, 2.75) is 12.8 Å². The van der Waals surface area contributed by atoms with Crippen molar-refractivity contribution in [3.63, 3.8) is 0 Å². The second-order valence-electron chi connectivity index (χ2n) is 5.94. The van der Waals surface area contributed by atoms with Crippen molar-refractivity contribution in [3.05, 3.63) is 28.0 Å². The molecule has 0 bridgehead atoms. The van der Waals surface area contributed by atoms with Crippen LogP contribution in [0.25, 0.3) is 10.2 Å². The van der Waals surface area contributed by atoms with Gasteiger partial charge in [-0.1, -0.05) is 22.9 Å². The molecule has 0 atom stereocenters. The standard InChI is InChI=1S/C15H18ClN3O3S2/c1-18-12-4-3-11(16)9-13(12)23-15(18)17-14(20)10-5-7-19(8-6-10)24(2,21)22/h3-4,9-10H,5-8H2,1-2H3. The molecule has 0 saturated carbocycles. The quantitative estimate of drug-likeness (QED) is 0.791. The highest BCUT2D eigenvalue weighted by atomic mass is 35.5. The largest absolute Gasteiger partial charge is 0.319 e. The fourth-order valence-electron chi connectivity index (χ4n) is 2.83. The Morgan fingerprint density at radius 1 is 1.33 bits per heavy atom. The molecule has 0 N–H and O–H groups in total. The summed E-state index contributed by atoms with van der Waals surface area (Å²) in [5, 5.41) is 0.648. The summed E-state index contributed by atoms with van der Waals surface area (Å²) in [6.07, 6.45) is 2.22. The Bertz CT molecular complexity index is 954. The number of hydrogen-bond acceptors (Lipinski definition) is 4. The summed E-state index contributed by atoms with van der Waals surface area (Å²) in [6, 6.07) is 5.57. The third-order valence-corrected chi connectivity index (χ3v) is 6.88. The van der Waals surface area contributed by atoms with E-state index in [1.807, 2.05) is 29.8 Å². The van der Waals surface area contributed by atoms with Crippen molar-refractivity contribution >= 4 is 49.1 Å². The predicted molar refractivity (Wildman–Crippen MR) is 95.5 cm³/mol. The number of carbonyl (C=O) groups excluding carboxylic acids is 1. The minimum Gasteiger partial charge on any atom is -0.319 e. The number of nitrogens with zero attached hydrogens (tertiary/aromatic N) is 3. The number of thiazole rings is 1. The van der Waals surface area contributed by atoms with E-state index < -0.39 is 10.0 Å². The molecule has 2 aromatic rings. The van der Waals surface area contributed by atoms with E-state index in [9.17, 15) is 13.2 Å². The number of aryl methyl sites for hydroxylation is 1. The number of benzene rings is 1. The van der Waals surface area contributed by atoms with E-state index >= 15 is 0 Å². The van der Waals surface area contributed by atoms with Crippen molar-refractivity contribution in [3.8, 4) is 0 Å². The van der Waals surface area contributed by atoms with Crippen LogP contribution in [0.2, 0.25) is 5.02 Å². The Kier molecular flexibility index (Phi) is 4.83. The lowest BCUT2D eigenvalue weighted by atomic mass is 9.98. The van der Waals surface area contributed by atoms with Gasteiger partial charge >= 0.3 is 0 Å². The zero-order chi connectivity index (χ0) is 17.5. The van der Waals surface area contributed by atoms with Crippen molar-refractivity contribution < 1.29 is 13.2 Å². The Morgan fingerprint density at radius 3 is 2.62 bits per heavy atom. The number of halogens is 1. The molecule has 130 valence electrons. The monoisotopic (exact) mass is 387 g/mol. The highest BCUT2D eigenvalue weighted by molar-refractivity contribution is 7.88. The summed E-state index contributed by atoms with van der Waals surface area (Å²) in [5.41, 5.74) is 0.975. The van der Waals surface area contributed by atoms with Crippen LogP contribution in [0.3, 0.4) is 0 Å². The number of fused-ring (bicyclic) bond motifs is 1. The first kappa shape index (κ1) is 17.6. The molecule has 6 nitrogen and oxygen atoms in total. The van der Waals surface area contributed by atoms with E-state index in [0.29, 0.717) is 35.8 Å². The number of rotatable bonds is 2. The molecule has 24 heavy (non-hydrogen) atoms. The summed E-state index contributed by atoms with van der Waals surface area (Å²) in [4.78, 5) is 17.3. The first-order valence-corrected chi connectivity index (χ1v) is 10.6. The average molecular weight is 388 g/mol. The number of sulfonamides is 1. The molecule has 0 spiro atoms. The molecule has 1 aromatic heterocycles. The average Bonchev–Trinajstić information content (AvgIpc) is 2.82. The summed E-state index contributed by atoms with van der Waals surface area (Å²) in [5.74, 6) is -0.409. The van der Waals surface area contributed by atoms with Gasteiger partial charge in [-0.3, -0.25) is 4.79 Å². The van der Waals surface area contributed by atoms with Gasteiger partial charge in [0.15, 0.2) is 4.80 Å². The van der Waals surface area contributed by atoms with Crippen LogP contribution < -0.4 is 4.80 Å². The molecule has 3 rings (SSSR count). The van der Waals surface area contributed by atoms with E-state index in [1.54, 1.807) is 0 Å². The lowest BCUT2D eigenvalue weighted by Crippen LogP contribution is -2.39. The second-order valence-corrected chi connectivity index (χ2v) is 9.37. The molecule has 2 heterocycles. The van der Waals surface area contributed by atoms with Gasteiger partial charge in [-0.25, -0.2) is 12.7 Å². The van der Waals surface area contributed by atoms with E-state index in [2.05, 4.69) is 4.99 Å². The normalized spacial score (nSPS) is 18.4. The first-order valence-electron chi connectivity index (χ1n) is 7.54. The molecular formula is C15H18ClN3O3S2. The smallest absolute Gasteiger partial charge is 0.251 e. The third kappa shape index (κ3) is 3.56. The zero-order valence-corrected chi connectivity index (χ0v) is 15.8. The van der Waals surface area contributed by atoms with Gasteiger partial charge in [-0.05, 0) is 31.0 Å². The van der Waals surface area contributed by atoms with Crippen LogP contribution in [0.5, 0.6) is 0 Å². The molecule has 9 heteroatoms. The molecule has 0 radical (unpaired) electrons. The highest BCUT2D eigenvalue weighted by Gasteiger charge is 2.28. The molecule has 1 fully saturated rings. The number of piperidine rings is 1. The van der Waals surface area contributed by atoms with Gasteiger partial charge in [0.1, 0.15) is 0 Å². The van der Waals surface area contributed by atoms with Crippen LogP contribution in [0.15, 0.2) is 23.2 Å². The first-order chi connectivity index (χ1) is 11.3. The maximum Gasteiger partial charge on any atom is 0.251 e. The molecule has 0 unspecified atom stereocenters. The number of hydrogen-bond donors (Lipinski definition) is 0. The van der Waals surface area contributed by atoms with Crippen LogP contribution in [-0.2, 0) is 21.9 Å². The zero-order valence-electron chi connectivity index (χ0n) is 13.4. The summed E-state index contributed by atoms with van der Waals surface area (Å²) >= 11 is 7.42. The van der Waals surface area contributed by atoms with Crippen molar-refractivity contribution in [1.29, 1.82) is 0 Å². The predicted octanol–water partition coefficient (Wildman–Crippen LogP) is 1.99. The topological polar surface area (TPSA) is 71.7 Å².